The van der Waals surface area contributed by atoms with Gasteiger partial charge in [-0.2, -0.15) is 0 Å². The molecule has 0 amide bonds. The molecule has 2 heterocycles. The summed E-state index contributed by atoms with van der Waals surface area (Å²) in [6.45, 7) is 0. The minimum Gasteiger partial charge on any atom is -0.303 e. The van der Waals surface area contributed by atoms with Crippen molar-refractivity contribution >= 4 is 38.8 Å². The van der Waals surface area contributed by atoms with Crippen molar-refractivity contribution in [3.8, 4) is 11.3 Å². The van der Waals surface area contributed by atoms with Gasteiger partial charge in [0, 0.05) is 35.3 Å². The Morgan fingerprint density at radius 1 is 1.04 bits per heavy atom. The van der Waals surface area contributed by atoms with Crippen LogP contribution in [0.4, 0.5) is 0 Å². The summed E-state index contributed by atoms with van der Waals surface area (Å²) in [4.78, 5) is 19.4. The second kappa shape index (κ2) is 7.18. The van der Waals surface area contributed by atoms with E-state index in [0.717, 1.165) is 6.29 Å². The maximum absolute atomic E-state index is 13.2. The molecule has 0 aliphatic heterocycles. The van der Waals surface area contributed by atoms with E-state index >= 15 is 0 Å². The fourth-order valence-electron chi connectivity index (χ4n) is 3.10. The van der Waals surface area contributed by atoms with Crippen LogP contribution < -0.4 is 0 Å². The van der Waals surface area contributed by atoms with Crippen LogP contribution in [-0.4, -0.2) is 28.6 Å². The third kappa shape index (κ3) is 3.08. The quantitative estimate of drug-likeness (QED) is 0.369. The van der Waals surface area contributed by atoms with Gasteiger partial charge in [-0.3, -0.25) is 0 Å². The Labute approximate surface area is 166 Å². The highest BCUT2D eigenvalue weighted by Crippen LogP contribution is 2.34. The van der Waals surface area contributed by atoms with Crippen molar-refractivity contribution in [3.05, 3.63) is 77.8 Å². The van der Waals surface area contributed by atoms with Crippen molar-refractivity contribution in [2.45, 2.75) is 11.3 Å². The van der Waals surface area contributed by atoms with Gasteiger partial charge < -0.3 is 4.79 Å². The van der Waals surface area contributed by atoms with Crippen LogP contribution in [0.3, 0.4) is 0 Å². The number of aldehydes is 1. The highest BCUT2D eigenvalue weighted by molar-refractivity contribution is 7.90. The maximum atomic E-state index is 13.2. The monoisotopic (exact) mass is 411 g/mol. The van der Waals surface area contributed by atoms with Crippen molar-refractivity contribution in [1.82, 2.24) is 13.9 Å². The molecule has 0 unspecified atom stereocenters. The number of halogens is 1. The lowest BCUT2D eigenvalue weighted by Gasteiger charge is -2.07. The van der Waals surface area contributed by atoms with Crippen molar-refractivity contribution in [2.24, 2.45) is 0 Å². The fraction of sp³-hybridized carbons (Fsp3) is 0.0500. The van der Waals surface area contributed by atoms with Crippen LogP contribution >= 0.6 is 11.6 Å². The first-order chi connectivity index (χ1) is 13.5. The van der Waals surface area contributed by atoms with E-state index in [1.54, 1.807) is 42.5 Å². The normalized spacial score (nSPS) is 11.6. The molecule has 4 aromatic rings. The number of aromatic nitrogens is 3. The van der Waals surface area contributed by atoms with Gasteiger partial charge in [0.15, 0.2) is 0 Å². The first-order valence-corrected chi connectivity index (χ1v) is 10.2. The average Bonchev–Trinajstić information content (AvgIpc) is 3.10. The summed E-state index contributed by atoms with van der Waals surface area (Å²) in [5.41, 5.74) is 2.08. The predicted molar refractivity (Wildman–Crippen MR) is 107 cm³/mol. The van der Waals surface area contributed by atoms with Crippen LogP contribution in [0.15, 0.2) is 71.9 Å². The summed E-state index contributed by atoms with van der Waals surface area (Å²) in [6.07, 6.45) is 3.84. The number of hydrogen-bond donors (Lipinski definition) is 0. The Bertz CT molecular complexity index is 1280. The van der Waals surface area contributed by atoms with E-state index < -0.39 is 10.0 Å². The van der Waals surface area contributed by atoms with Gasteiger partial charge in [-0.05, 0) is 29.8 Å². The minimum absolute atomic E-state index is 0.0207. The van der Waals surface area contributed by atoms with Gasteiger partial charge in [0.25, 0.3) is 10.0 Å². The van der Waals surface area contributed by atoms with Crippen LogP contribution in [-0.2, 0) is 21.2 Å². The smallest absolute Gasteiger partial charge is 0.268 e. The Morgan fingerprint density at radius 2 is 1.75 bits per heavy atom. The molecule has 0 bridgehead atoms. The van der Waals surface area contributed by atoms with Crippen molar-refractivity contribution in [1.29, 1.82) is 0 Å². The van der Waals surface area contributed by atoms with Crippen LogP contribution in [0.2, 0.25) is 5.28 Å². The van der Waals surface area contributed by atoms with Crippen LogP contribution in [0.1, 0.15) is 5.56 Å². The molecule has 2 aromatic carbocycles. The number of hydrogen-bond acceptors (Lipinski definition) is 5. The van der Waals surface area contributed by atoms with Crippen LogP contribution in [0, 0.1) is 0 Å². The zero-order valence-electron chi connectivity index (χ0n) is 14.5. The lowest BCUT2D eigenvalue weighted by molar-refractivity contribution is -0.107. The predicted octanol–water partition coefficient (Wildman–Crippen LogP) is 3.73. The van der Waals surface area contributed by atoms with E-state index in [-0.39, 0.29) is 16.6 Å². The van der Waals surface area contributed by atoms with Crippen molar-refractivity contribution in [2.75, 3.05) is 0 Å². The third-order valence-corrected chi connectivity index (χ3v) is 6.24. The highest BCUT2D eigenvalue weighted by atomic mass is 35.5. The second-order valence-corrected chi connectivity index (χ2v) is 8.21. The third-order valence-electron chi connectivity index (χ3n) is 4.37. The topological polar surface area (TPSA) is 81.9 Å². The fourth-order valence-corrected chi connectivity index (χ4v) is 4.62. The standard InChI is InChI=1S/C20H14ClN3O3S/c21-20-22-12-14(10-11-25)19(23-20)17-13-24(18-9-5-4-8-16(17)18)28(26,27)15-6-2-1-3-7-15/h1-9,11-13H,10H2. The van der Waals surface area contributed by atoms with Gasteiger partial charge in [0.2, 0.25) is 5.28 Å². The van der Waals surface area contributed by atoms with Gasteiger partial charge in [-0.15, -0.1) is 0 Å². The van der Waals surface area contributed by atoms with Gasteiger partial charge >= 0.3 is 0 Å². The van der Waals surface area contributed by atoms with Crippen LogP contribution in [0.5, 0.6) is 0 Å². The SMILES string of the molecule is O=CCc1cnc(Cl)nc1-c1cn(S(=O)(=O)c2ccccc2)c2ccccc12. The van der Waals surface area contributed by atoms with E-state index in [4.69, 9.17) is 11.6 Å². The molecule has 0 spiro atoms. The molecule has 0 saturated carbocycles. The molecule has 0 aliphatic carbocycles. The molecule has 0 radical (unpaired) electrons. The zero-order valence-corrected chi connectivity index (χ0v) is 16.1. The van der Waals surface area contributed by atoms with Gasteiger partial charge in [-0.25, -0.2) is 22.4 Å². The largest absolute Gasteiger partial charge is 0.303 e. The first kappa shape index (κ1) is 18.3. The molecular formula is C20H14ClN3O3S. The number of carbonyl (C=O) groups is 1. The van der Waals surface area contributed by atoms with Crippen molar-refractivity contribution < 1.29 is 13.2 Å². The summed E-state index contributed by atoms with van der Waals surface area (Å²) in [6, 6.07) is 15.3. The molecule has 0 N–H and O–H groups in total. The highest BCUT2D eigenvalue weighted by Gasteiger charge is 2.23. The molecule has 140 valence electrons. The molecule has 0 atom stereocenters. The molecule has 0 aliphatic rings. The minimum atomic E-state index is -3.82. The summed E-state index contributed by atoms with van der Waals surface area (Å²) in [5.74, 6) is 0. The molecule has 4 rings (SSSR count). The molecule has 28 heavy (non-hydrogen) atoms. The number of para-hydroxylation sites is 1. The van der Waals surface area contributed by atoms with E-state index in [0.29, 0.717) is 27.7 Å². The Balaban J connectivity index is 2.02. The summed E-state index contributed by atoms with van der Waals surface area (Å²) in [5, 5.41) is 0.705. The number of benzene rings is 2. The molecule has 8 heteroatoms. The lowest BCUT2D eigenvalue weighted by Crippen LogP contribution is -2.11. The molecule has 0 saturated heterocycles. The molecular weight excluding hydrogens is 398 g/mol. The maximum Gasteiger partial charge on any atom is 0.268 e. The second-order valence-electron chi connectivity index (χ2n) is 6.06. The van der Waals surface area contributed by atoms with Gasteiger partial charge in [-0.1, -0.05) is 36.4 Å². The van der Waals surface area contributed by atoms with E-state index in [1.165, 1.54) is 16.4 Å². The van der Waals surface area contributed by atoms with E-state index in [9.17, 15) is 13.2 Å². The van der Waals surface area contributed by atoms with Crippen LogP contribution in [0.25, 0.3) is 22.2 Å². The Hall–Kier alpha value is -3.03. The average molecular weight is 412 g/mol. The number of carbonyl (C=O) groups excluding carboxylic acids is 1. The molecule has 0 fully saturated rings. The number of fused-ring (bicyclic) bond motifs is 1. The Morgan fingerprint density at radius 3 is 2.50 bits per heavy atom. The van der Waals surface area contributed by atoms with E-state index in [2.05, 4.69) is 9.97 Å². The molecule has 6 nitrogen and oxygen atoms in total. The lowest BCUT2D eigenvalue weighted by atomic mass is 10.0. The zero-order chi connectivity index (χ0) is 19.7. The number of nitrogens with zero attached hydrogens (tertiary/aromatic N) is 3. The molecule has 2 aromatic heterocycles. The Kier molecular flexibility index (Phi) is 4.70. The van der Waals surface area contributed by atoms with Gasteiger partial charge in [0.05, 0.1) is 16.1 Å². The number of rotatable bonds is 5. The van der Waals surface area contributed by atoms with Gasteiger partial charge in [0.1, 0.15) is 6.29 Å². The van der Waals surface area contributed by atoms with E-state index in [1.807, 2.05) is 12.1 Å². The summed E-state index contributed by atoms with van der Waals surface area (Å²) in [7, 11) is -3.82. The summed E-state index contributed by atoms with van der Waals surface area (Å²) >= 11 is 5.98. The van der Waals surface area contributed by atoms with Crippen molar-refractivity contribution in [3.63, 3.8) is 0 Å². The summed E-state index contributed by atoms with van der Waals surface area (Å²) < 4.78 is 27.7. The first-order valence-electron chi connectivity index (χ1n) is 8.38.